The van der Waals surface area contributed by atoms with Crippen molar-refractivity contribution in [1.29, 1.82) is 0 Å². The van der Waals surface area contributed by atoms with Crippen LogP contribution in [0.4, 0.5) is 5.69 Å². The van der Waals surface area contributed by atoms with Gasteiger partial charge in [-0.1, -0.05) is 13.8 Å². The van der Waals surface area contributed by atoms with Crippen LogP contribution in [0, 0.1) is 0 Å². The third-order valence-electron chi connectivity index (χ3n) is 2.92. The molecule has 4 heteroatoms. The Morgan fingerprint density at radius 1 is 1.21 bits per heavy atom. The monoisotopic (exact) mass is 266 g/mol. The average molecular weight is 266 g/mol. The molecule has 0 amide bonds. The normalized spacial score (nSPS) is 11.1. The zero-order chi connectivity index (χ0) is 14.3. The average Bonchev–Trinajstić information content (AvgIpc) is 2.38. The summed E-state index contributed by atoms with van der Waals surface area (Å²) in [7, 11) is 0. The molecule has 0 aliphatic rings. The van der Waals surface area contributed by atoms with Crippen LogP contribution in [0.2, 0.25) is 0 Å². The molecule has 0 saturated heterocycles. The number of hydrogen-bond donors (Lipinski definition) is 1. The molecular weight excluding hydrogens is 240 g/mol. The minimum atomic E-state index is 0.105. The summed E-state index contributed by atoms with van der Waals surface area (Å²) in [6.07, 6.45) is 0.105. The Bertz CT molecular complexity index is 376. The molecule has 0 spiro atoms. The number of nitrogens with zero attached hydrogens (tertiary/aromatic N) is 1. The molecule has 2 N–H and O–H groups in total. The molecule has 0 aliphatic carbocycles. The summed E-state index contributed by atoms with van der Waals surface area (Å²) in [5, 5.41) is 0. The zero-order valence-corrected chi connectivity index (χ0v) is 12.5. The van der Waals surface area contributed by atoms with E-state index >= 15 is 0 Å². The lowest BCUT2D eigenvalue weighted by Gasteiger charge is -2.18. The molecular formula is C15H26N2O2. The van der Waals surface area contributed by atoms with E-state index in [0.717, 1.165) is 25.4 Å². The van der Waals surface area contributed by atoms with E-state index in [1.165, 1.54) is 0 Å². The van der Waals surface area contributed by atoms with Gasteiger partial charge in [-0.3, -0.25) is 0 Å². The standard InChI is InChI=1S/C15H26N2O2/c1-5-17(6-2)9-10-18-13-7-8-14(16)15(11-13)19-12(3)4/h7-8,11-12H,5-6,9-10,16H2,1-4H3. The molecule has 0 heterocycles. The summed E-state index contributed by atoms with van der Waals surface area (Å²) < 4.78 is 11.4. The summed E-state index contributed by atoms with van der Waals surface area (Å²) in [4.78, 5) is 2.32. The van der Waals surface area contributed by atoms with Gasteiger partial charge >= 0.3 is 0 Å². The Morgan fingerprint density at radius 3 is 2.47 bits per heavy atom. The second-order valence-corrected chi connectivity index (χ2v) is 4.74. The second kappa shape index (κ2) is 7.89. The number of benzene rings is 1. The van der Waals surface area contributed by atoms with Gasteiger partial charge in [-0.15, -0.1) is 0 Å². The van der Waals surface area contributed by atoms with Crippen LogP contribution in [0.3, 0.4) is 0 Å². The van der Waals surface area contributed by atoms with E-state index in [2.05, 4.69) is 18.7 Å². The van der Waals surface area contributed by atoms with Gasteiger partial charge in [0, 0.05) is 12.6 Å². The summed E-state index contributed by atoms with van der Waals surface area (Å²) in [6.45, 7) is 12.0. The maximum absolute atomic E-state index is 5.87. The van der Waals surface area contributed by atoms with Gasteiger partial charge in [0.05, 0.1) is 11.8 Å². The first-order valence-electron chi connectivity index (χ1n) is 6.98. The summed E-state index contributed by atoms with van der Waals surface area (Å²) in [5.74, 6) is 1.49. The maximum Gasteiger partial charge on any atom is 0.146 e. The number of likely N-dealkylation sites (N-methyl/N-ethyl adjacent to an activating group) is 1. The van der Waals surface area contributed by atoms with Gasteiger partial charge in [-0.25, -0.2) is 0 Å². The molecule has 0 unspecified atom stereocenters. The van der Waals surface area contributed by atoms with Gasteiger partial charge in [-0.05, 0) is 39.1 Å². The van der Waals surface area contributed by atoms with Crippen molar-refractivity contribution in [1.82, 2.24) is 4.90 Å². The molecule has 0 aromatic heterocycles. The number of anilines is 1. The van der Waals surface area contributed by atoms with Gasteiger partial charge in [0.2, 0.25) is 0 Å². The molecule has 108 valence electrons. The van der Waals surface area contributed by atoms with Crippen LogP contribution < -0.4 is 15.2 Å². The highest BCUT2D eigenvalue weighted by atomic mass is 16.5. The molecule has 0 radical (unpaired) electrons. The predicted molar refractivity (Wildman–Crippen MR) is 79.9 cm³/mol. The highest BCUT2D eigenvalue weighted by Crippen LogP contribution is 2.27. The van der Waals surface area contributed by atoms with Crippen LogP contribution in [0.5, 0.6) is 11.5 Å². The predicted octanol–water partition coefficient (Wildman–Crippen LogP) is 2.78. The molecule has 19 heavy (non-hydrogen) atoms. The summed E-state index contributed by atoms with van der Waals surface area (Å²) >= 11 is 0. The topological polar surface area (TPSA) is 47.7 Å². The minimum absolute atomic E-state index is 0.105. The van der Waals surface area contributed by atoms with Crippen LogP contribution in [-0.4, -0.2) is 37.2 Å². The molecule has 0 fully saturated rings. The first kappa shape index (κ1) is 15.6. The number of rotatable bonds is 8. The van der Waals surface area contributed by atoms with E-state index in [1.54, 1.807) is 0 Å². The fourth-order valence-corrected chi connectivity index (χ4v) is 1.79. The van der Waals surface area contributed by atoms with Gasteiger partial charge in [-0.2, -0.15) is 0 Å². The van der Waals surface area contributed by atoms with Crippen molar-refractivity contribution in [2.45, 2.75) is 33.8 Å². The van der Waals surface area contributed by atoms with Crippen LogP contribution in [0.25, 0.3) is 0 Å². The molecule has 1 rings (SSSR count). The molecule has 0 bridgehead atoms. The van der Waals surface area contributed by atoms with Crippen molar-refractivity contribution in [3.05, 3.63) is 18.2 Å². The molecule has 1 aromatic carbocycles. The highest BCUT2D eigenvalue weighted by Gasteiger charge is 2.06. The number of nitrogens with two attached hydrogens (primary N) is 1. The second-order valence-electron chi connectivity index (χ2n) is 4.74. The number of nitrogen functional groups attached to an aromatic ring is 1. The Balaban J connectivity index is 2.54. The Hall–Kier alpha value is -1.42. The fraction of sp³-hybridized carbons (Fsp3) is 0.600. The Labute approximate surface area is 116 Å². The van der Waals surface area contributed by atoms with E-state index in [0.29, 0.717) is 18.0 Å². The minimum Gasteiger partial charge on any atom is -0.492 e. The van der Waals surface area contributed by atoms with E-state index in [9.17, 15) is 0 Å². The lowest BCUT2D eigenvalue weighted by atomic mass is 10.3. The lowest BCUT2D eigenvalue weighted by molar-refractivity contribution is 0.219. The zero-order valence-electron chi connectivity index (χ0n) is 12.5. The Morgan fingerprint density at radius 2 is 1.89 bits per heavy atom. The third-order valence-corrected chi connectivity index (χ3v) is 2.92. The first-order valence-corrected chi connectivity index (χ1v) is 6.98. The van der Waals surface area contributed by atoms with Crippen molar-refractivity contribution >= 4 is 5.69 Å². The largest absolute Gasteiger partial charge is 0.492 e. The van der Waals surface area contributed by atoms with Crippen molar-refractivity contribution in [3.63, 3.8) is 0 Å². The molecule has 0 atom stereocenters. The van der Waals surface area contributed by atoms with Gasteiger partial charge in [0.1, 0.15) is 18.1 Å². The van der Waals surface area contributed by atoms with E-state index in [-0.39, 0.29) is 6.10 Å². The van der Waals surface area contributed by atoms with Crippen molar-refractivity contribution in [2.75, 3.05) is 32.0 Å². The van der Waals surface area contributed by atoms with Crippen molar-refractivity contribution in [3.8, 4) is 11.5 Å². The van der Waals surface area contributed by atoms with E-state index in [1.807, 2.05) is 32.0 Å². The first-order chi connectivity index (χ1) is 9.06. The molecule has 0 aliphatic heterocycles. The fourth-order valence-electron chi connectivity index (χ4n) is 1.79. The molecule has 4 nitrogen and oxygen atoms in total. The van der Waals surface area contributed by atoms with Crippen molar-refractivity contribution < 1.29 is 9.47 Å². The SMILES string of the molecule is CCN(CC)CCOc1ccc(N)c(OC(C)C)c1. The van der Waals surface area contributed by atoms with E-state index < -0.39 is 0 Å². The number of ether oxygens (including phenoxy) is 2. The number of hydrogen-bond acceptors (Lipinski definition) is 4. The molecule has 1 aromatic rings. The quantitative estimate of drug-likeness (QED) is 0.735. The highest BCUT2D eigenvalue weighted by molar-refractivity contribution is 5.55. The van der Waals surface area contributed by atoms with Crippen LogP contribution in [-0.2, 0) is 0 Å². The van der Waals surface area contributed by atoms with Gasteiger partial charge in [0.15, 0.2) is 0 Å². The summed E-state index contributed by atoms with van der Waals surface area (Å²) in [5.41, 5.74) is 6.51. The van der Waals surface area contributed by atoms with Crippen LogP contribution in [0.15, 0.2) is 18.2 Å². The third kappa shape index (κ3) is 5.39. The van der Waals surface area contributed by atoms with Gasteiger partial charge in [0.25, 0.3) is 0 Å². The summed E-state index contributed by atoms with van der Waals surface area (Å²) in [6, 6.07) is 5.56. The van der Waals surface area contributed by atoms with Crippen molar-refractivity contribution in [2.24, 2.45) is 0 Å². The van der Waals surface area contributed by atoms with Gasteiger partial charge < -0.3 is 20.1 Å². The Kier molecular flexibility index (Phi) is 6.50. The molecule has 0 saturated carbocycles. The van der Waals surface area contributed by atoms with Crippen LogP contribution in [0.1, 0.15) is 27.7 Å². The van der Waals surface area contributed by atoms with E-state index in [4.69, 9.17) is 15.2 Å². The lowest BCUT2D eigenvalue weighted by Crippen LogP contribution is -2.27. The van der Waals surface area contributed by atoms with Crippen LogP contribution >= 0.6 is 0 Å². The maximum atomic E-state index is 5.87. The smallest absolute Gasteiger partial charge is 0.146 e.